The minimum absolute atomic E-state index is 0.136. The Morgan fingerprint density at radius 2 is 1.74 bits per heavy atom. The molecule has 172 valence electrons. The van der Waals surface area contributed by atoms with E-state index in [1.54, 1.807) is 41.5 Å². The molecule has 1 aromatic rings. The number of aliphatic hydroxyl groups is 1. The highest BCUT2D eigenvalue weighted by Gasteiger charge is 2.51. The van der Waals surface area contributed by atoms with E-state index in [4.69, 9.17) is 10.5 Å². The number of halogens is 1. The molecule has 8 nitrogen and oxygen atoms in total. The van der Waals surface area contributed by atoms with Crippen LogP contribution in [0.1, 0.15) is 53.5 Å². The first-order chi connectivity index (χ1) is 14.0. The Labute approximate surface area is 181 Å². The summed E-state index contributed by atoms with van der Waals surface area (Å²) in [5.74, 6) is -1.82. The van der Waals surface area contributed by atoms with Gasteiger partial charge in [-0.1, -0.05) is 32.9 Å². The molecular weight excluding hydrogens is 405 g/mol. The number of carbonyl (C=O) groups is 3. The molecule has 3 amide bonds. The van der Waals surface area contributed by atoms with Crippen molar-refractivity contribution in [2.24, 2.45) is 11.1 Å². The Morgan fingerprint density at radius 3 is 2.19 bits per heavy atom. The summed E-state index contributed by atoms with van der Waals surface area (Å²) in [6, 6.07) is 3.06. The van der Waals surface area contributed by atoms with E-state index in [0.29, 0.717) is 5.56 Å². The number of carbonyl (C=O) groups excluding carboxylic acids is 3. The van der Waals surface area contributed by atoms with Crippen LogP contribution in [0.25, 0.3) is 0 Å². The molecule has 0 aliphatic carbocycles. The molecule has 0 saturated carbocycles. The molecule has 31 heavy (non-hydrogen) atoms. The van der Waals surface area contributed by atoms with Gasteiger partial charge >= 0.3 is 6.09 Å². The minimum Gasteiger partial charge on any atom is -0.444 e. The lowest BCUT2D eigenvalue weighted by Crippen LogP contribution is -2.58. The summed E-state index contributed by atoms with van der Waals surface area (Å²) in [4.78, 5) is 39.1. The van der Waals surface area contributed by atoms with Crippen molar-refractivity contribution in [3.63, 3.8) is 0 Å². The largest absolute Gasteiger partial charge is 0.444 e. The number of β-amino-alcohol motifs (C(OH)–C–C–N with tert-alkyl or cyclic N) is 1. The normalized spacial score (nSPS) is 22.7. The van der Waals surface area contributed by atoms with Crippen molar-refractivity contribution in [2.75, 3.05) is 6.54 Å². The molecule has 1 saturated heterocycles. The number of primary amides is 1. The van der Waals surface area contributed by atoms with E-state index in [9.17, 15) is 23.9 Å². The third kappa shape index (κ3) is 5.94. The average molecular weight is 438 g/mol. The first-order valence-electron chi connectivity index (χ1n) is 10.1. The molecular formula is C22H32FN3O5. The summed E-state index contributed by atoms with van der Waals surface area (Å²) in [7, 11) is 0. The van der Waals surface area contributed by atoms with Gasteiger partial charge in [0.15, 0.2) is 0 Å². The van der Waals surface area contributed by atoms with Crippen molar-refractivity contribution < 1.29 is 28.6 Å². The zero-order valence-electron chi connectivity index (χ0n) is 18.9. The number of benzene rings is 1. The van der Waals surface area contributed by atoms with Crippen LogP contribution >= 0.6 is 0 Å². The molecule has 1 aromatic carbocycles. The van der Waals surface area contributed by atoms with Gasteiger partial charge in [-0.05, 0) is 43.9 Å². The van der Waals surface area contributed by atoms with Crippen LogP contribution in [0.5, 0.6) is 0 Å². The molecule has 0 aromatic heterocycles. The smallest absolute Gasteiger partial charge is 0.408 e. The molecule has 3 atom stereocenters. The number of hydrogen-bond acceptors (Lipinski definition) is 5. The van der Waals surface area contributed by atoms with Crippen molar-refractivity contribution in [1.82, 2.24) is 10.2 Å². The van der Waals surface area contributed by atoms with Crippen LogP contribution in [0.4, 0.5) is 9.18 Å². The van der Waals surface area contributed by atoms with Crippen molar-refractivity contribution in [2.45, 2.75) is 71.2 Å². The molecule has 0 spiro atoms. The summed E-state index contributed by atoms with van der Waals surface area (Å²) in [5, 5.41) is 13.8. The predicted octanol–water partition coefficient (Wildman–Crippen LogP) is 2.04. The fourth-order valence-electron chi connectivity index (χ4n) is 3.58. The number of nitrogens with two attached hydrogens (primary N) is 1. The molecule has 1 fully saturated rings. The Hall–Kier alpha value is -2.68. The first kappa shape index (κ1) is 24.6. The molecule has 4 N–H and O–H groups in total. The maximum absolute atomic E-state index is 13.5. The number of nitrogens with one attached hydrogen (secondary N) is 1. The molecule has 1 heterocycles. The fraction of sp³-hybridized carbons (Fsp3) is 0.591. The van der Waals surface area contributed by atoms with Crippen LogP contribution in [-0.2, 0) is 19.9 Å². The molecule has 2 unspecified atom stereocenters. The number of nitrogens with zero attached hydrogens (tertiary/aromatic N) is 1. The van der Waals surface area contributed by atoms with Gasteiger partial charge < -0.3 is 25.8 Å². The number of likely N-dealkylation sites (tertiary alicyclic amines) is 1. The van der Waals surface area contributed by atoms with E-state index < -0.39 is 52.4 Å². The van der Waals surface area contributed by atoms with Gasteiger partial charge in [-0.3, -0.25) is 9.59 Å². The van der Waals surface area contributed by atoms with Gasteiger partial charge in [0.2, 0.25) is 11.8 Å². The number of ether oxygens (including phenoxy) is 1. The standard InChI is InChI=1S/C22H32FN3O5/c1-20(2,3)16(25-19(29)31-21(4,5)6)18(28)26-12-22(30,11-15(26)17(24)27)13-7-9-14(23)10-8-13/h7-10,15-16,30H,11-12H2,1-6H3,(H2,24,27)(H,25,29)/t15-,16?,22?/m0/s1. The molecule has 1 aliphatic heterocycles. The third-order valence-electron chi connectivity index (χ3n) is 5.11. The molecule has 0 bridgehead atoms. The van der Waals surface area contributed by atoms with Gasteiger partial charge in [0.1, 0.15) is 29.1 Å². The van der Waals surface area contributed by atoms with Gasteiger partial charge in [-0.15, -0.1) is 0 Å². The molecule has 0 radical (unpaired) electrons. The van der Waals surface area contributed by atoms with Gasteiger partial charge in [0.05, 0.1) is 6.54 Å². The van der Waals surface area contributed by atoms with Crippen molar-refractivity contribution in [1.29, 1.82) is 0 Å². The highest BCUT2D eigenvalue weighted by Crippen LogP contribution is 2.37. The monoisotopic (exact) mass is 437 g/mol. The van der Waals surface area contributed by atoms with Crippen LogP contribution in [0.15, 0.2) is 24.3 Å². The van der Waals surface area contributed by atoms with Crippen molar-refractivity contribution >= 4 is 17.9 Å². The highest BCUT2D eigenvalue weighted by atomic mass is 19.1. The lowest BCUT2D eigenvalue weighted by Gasteiger charge is -2.35. The lowest BCUT2D eigenvalue weighted by molar-refractivity contribution is -0.141. The van der Waals surface area contributed by atoms with Crippen molar-refractivity contribution in [3.05, 3.63) is 35.6 Å². The lowest BCUT2D eigenvalue weighted by atomic mass is 9.85. The van der Waals surface area contributed by atoms with E-state index in [1.807, 2.05) is 0 Å². The summed E-state index contributed by atoms with van der Waals surface area (Å²) >= 11 is 0. The average Bonchev–Trinajstić information content (AvgIpc) is 2.96. The second-order valence-electron chi connectivity index (χ2n) is 10.1. The number of alkyl carbamates (subject to hydrolysis) is 1. The van der Waals surface area contributed by atoms with Crippen LogP contribution in [0.3, 0.4) is 0 Å². The summed E-state index contributed by atoms with van der Waals surface area (Å²) < 4.78 is 18.6. The quantitative estimate of drug-likeness (QED) is 0.665. The SMILES string of the molecule is CC(C)(C)OC(=O)NC(C(=O)N1CC(O)(c2ccc(F)cc2)C[C@H]1C(N)=O)C(C)(C)C. The third-order valence-corrected chi connectivity index (χ3v) is 5.11. The van der Waals surface area contributed by atoms with E-state index >= 15 is 0 Å². The van der Waals surface area contributed by atoms with E-state index in [-0.39, 0.29) is 13.0 Å². The second-order valence-corrected chi connectivity index (χ2v) is 10.1. The molecule has 2 rings (SSSR count). The van der Waals surface area contributed by atoms with E-state index in [2.05, 4.69) is 5.32 Å². The van der Waals surface area contributed by atoms with Gasteiger partial charge in [-0.2, -0.15) is 0 Å². The van der Waals surface area contributed by atoms with Gasteiger partial charge in [-0.25, -0.2) is 9.18 Å². The Bertz CT molecular complexity index is 844. The van der Waals surface area contributed by atoms with Crippen molar-refractivity contribution in [3.8, 4) is 0 Å². The summed E-state index contributed by atoms with van der Waals surface area (Å²) in [6.07, 6.45) is -0.910. The van der Waals surface area contributed by atoms with E-state index in [0.717, 1.165) is 0 Å². The Kier molecular flexibility index (Phi) is 6.70. The van der Waals surface area contributed by atoms with Crippen LogP contribution in [0, 0.1) is 11.2 Å². The topological polar surface area (TPSA) is 122 Å². The minimum atomic E-state index is -1.59. The summed E-state index contributed by atoms with van der Waals surface area (Å²) in [6.45, 7) is 10.2. The maximum Gasteiger partial charge on any atom is 0.408 e. The molecule has 9 heteroatoms. The summed E-state index contributed by atoms with van der Waals surface area (Å²) in [5.41, 5.74) is 2.81. The van der Waals surface area contributed by atoms with Crippen LogP contribution in [-0.4, -0.2) is 52.1 Å². The first-order valence-corrected chi connectivity index (χ1v) is 10.1. The zero-order valence-corrected chi connectivity index (χ0v) is 18.9. The second kappa shape index (κ2) is 8.45. The van der Waals surface area contributed by atoms with Gasteiger partial charge in [0, 0.05) is 6.42 Å². The number of rotatable bonds is 4. The highest BCUT2D eigenvalue weighted by molar-refractivity contribution is 5.92. The predicted molar refractivity (Wildman–Crippen MR) is 112 cm³/mol. The van der Waals surface area contributed by atoms with Crippen LogP contribution in [0.2, 0.25) is 0 Å². The van der Waals surface area contributed by atoms with E-state index in [1.165, 1.54) is 29.2 Å². The Balaban J connectivity index is 2.34. The molecule has 1 aliphatic rings. The zero-order chi connectivity index (χ0) is 23.8. The van der Waals surface area contributed by atoms with Crippen LogP contribution < -0.4 is 11.1 Å². The maximum atomic E-state index is 13.5. The Morgan fingerprint density at radius 1 is 1.19 bits per heavy atom. The fourth-order valence-corrected chi connectivity index (χ4v) is 3.58. The number of hydrogen-bond donors (Lipinski definition) is 3. The number of amides is 3. The van der Waals surface area contributed by atoms with Gasteiger partial charge in [0.25, 0.3) is 0 Å².